The molecule has 3 nitrogen and oxygen atoms in total. The average molecular weight is 334 g/mol. The molecule has 0 aliphatic rings. The van der Waals surface area contributed by atoms with Crippen LogP contribution in [0.3, 0.4) is 0 Å². The van der Waals surface area contributed by atoms with Crippen molar-refractivity contribution in [2.45, 2.75) is 10.9 Å². The molecule has 1 N–H and O–H groups in total. The second-order valence-corrected chi connectivity index (χ2v) is 6.34. The first-order valence-electron chi connectivity index (χ1n) is 7.75. The van der Waals surface area contributed by atoms with Gasteiger partial charge in [0.05, 0.1) is 11.8 Å². The molecule has 0 aliphatic heterocycles. The van der Waals surface area contributed by atoms with Crippen molar-refractivity contribution in [2.24, 2.45) is 0 Å². The zero-order valence-electron chi connectivity index (χ0n) is 13.1. The number of aromatic nitrogens is 1. The zero-order chi connectivity index (χ0) is 16.6. The van der Waals surface area contributed by atoms with Crippen molar-refractivity contribution in [1.82, 2.24) is 10.3 Å². The lowest BCUT2D eigenvalue weighted by molar-refractivity contribution is -0.119. The quantitative estimate of drug-likeness (QED) is 0.691. The number of thioether (sulfide) groups is 1. The molecule has 3 aromatic rings. The van der Waals surface area contributed by atoms with E-state index in [1.54, 1.807) is 12.4 Å². The summed E-state index contributed by atoms with van der Waals surface area (Å²) in [6.07, 6.45) is 3.49. The van der Waals surface area contributed by atoms with Gasteiger partial charge < -0.3 is 5.32 Å². The maximum Gasteiger partial charge on any atom is 0.231 e. The molecule has 120 valence electrons. The number of rotatable bonds is 6. The second kappa shape index (κ2) is 8.31. The van der Waals surface area contributed by atoms with Crippen LogP contribution in [0.1, 0.15) is 17.2 Å². The first-order valence-corrected chi connectivity index (χ1v) is 8.73. The van der Waals surface area contributed by atoms with E-state index in [9.17, 15) is 4.79 Å². The number of hydrogen-bond donors (Lipinski definition) is 1. The molecule has 1 amide bonds. The molecule has 0 saturated heterocycles. The lowest BCUT2D eigenvalue weighted by Crippen LogP contribution is -2.30. The fourth-order valence-electron chi connectivity index (χ4n) is 2.43. The van der Waals surface area contributed by atoms with Gasteiger partial charge in [-0.05, 0) is 35.4 Å². The third-order valence-electron chi connectivity index (χ3n) is 3.59. The lowest BCUT2D eigenvalue weighted by Gasteiger charge is -2.19. The van der Waals surface area contributed by atoms with E-state index < -0.39 is 0 Å². The molecule has 0 fully saturated rings. The number of amides is 1. The predicted molar refractivity (Wildman–Crippen MR) is 97.8 cm³/mol. The monoisotopic (exact) mass is 334 g/mol. The standard InChI is InChI=1S/C20H18N2OS/c23-19(15-24-18-9-5-2-6-10-18)22-20(16-7-3-1-4-8-16)17-11-13-21-14-12-17/h1-14,20H,15H2,(H,22,23)/t20-/m1/s1. The predicted octanol–water partition coefficient (Wildman–Crippen LogP) is 4.08. The Balaban J connectivity index is 1.71. The van der Waals surface area contributed by atoms with Crippen molar-refractivity contribution < 1.29 is 4.79 Å². The Morgan fingerprint density at radius 3 is 2.12 bits per heavy atom. The molecule has 0 unspecified atom stereocenters. The van der Waals surface area contributed by atoms with E-state index >= 15 is 0 Å². The van der Waals surface area contributed by atoms with Gasteiger partial charge in [-0.15, -0.1) is 11.8 Å². The first kappa shape index (κ1) is 16.3. The number of carbonyl (C=O) groups is 1. The summed E-state index contributed by atoms with van der Waals surface area (Å²) in [7, 11) is 0. The SMILES string of the molecule is O=C(CSc1ccccc1)N[C@H](c1ccccc1)c1ccncc1. The van der Waals surface area contributed by atoms with Crippen LogP contribution in [0.5, 0.6) is 0 Å². The molecule has 3 rings (SSSR count). The van der Waals surface area contributed by atoms with Crippen molar-refractivity contribution in [3.8, 4) is 0 Å². The highest BCUT2D eigenvalue weighted by atomic mass is 32.2. The molecular formula is C20H18N2OS. The van der Waals surface area contributed by atoms with Crippen molar-refractivity contribution in [3.05, 3.63) is 96.3 Å². The fraction of sp³-hybridized carbons (Fsp3) is 0.100. The molecule has 0 radical (unpaired) electrons. The zero-order valence-corrected chi connectivity index (χ0v) is 13.9. The van der Waals surface area contributed by atoms with Gasteiger partial charge in [-0.25, -0.2) is 0 Å². The molecule has 0 spiro atoms. The molecular weight excluding hydrogens is 316 g/mol. The van der Waals surface area contributed by atoms with E-state index in [4.69, 9.17) is 0 Å². The average Bonchev–Trinajstić information content (AvgIpc) is 2.67. The fourth-order valence-corrected chi connectivity index (χ4v) is 3.16. The number of nitrogens with one attached hydrogen (secondary N) is 1. The number of nitrogens with zero attached hydrogens (tertiary/aromatic N) is 1. The maximum atomic E-state index is 12.4. The smallest absolute Gasteiger partial charge is 0.231 e. The summed E-state index contributed by atoms with van der Waals surface area (Å²) in [6, 6.07) is 23.6. The van der Waals surface area contributed by atoms with E-state index in [1.807, 2.05) is 72.8 Å². The van der Waals surface area contributed by atoms with Gasteiger partial charge in [0.15, 0.2) is 0 Å². The number of benzene rings is 2. The Morgan fingerprint density at radius 2 is 1.46 bits per heavy atom. The highest BCUT2D eigenvalue weighted by Gasteiger charge is 2.16. The minimum Gasteiger partial charge on any atom is -0.344 e. The summed E-state index contributed by atoms with van der Waals surface area (Å²) in [5, 5.41) is 3.13. The minimum absolute atomic E-state index is 0.00881. The highest BCUT2D eigenvalue weighted by molar-refractivity contribution is 8.00. The van der Waals surface area contributed by atoms with Crippen LogP contribution in [0.15, 0.2) is 90.1 Å². The summed E-state index contributed by atoms with van der Waals surface area (Å²) in [5.74, 6) is 0.396. The maximum absolute atomic E-state index is 12.4. The number of hydrogen-bond acceptors (Lipinski definition) is 3. The summed E-state index contributed by atoms with van der Waals surface area (Å²) < 4.78 is 0. The Labute approximate surface area is 146 Å². The van der Waals surface area contributed by atoms with Crippen LogP contribution < -0.4 is 5.32 Å². The topological polar surface area (TPSA) is 42.0 Å². The van der Waals surface area contributed by atoms with Gasteiger partial charge in [-0.1, -0.05) is 48.5 Å². The Kier molecular flexibility index (Phi) is 5.64. The minimum atomic E-state index is -0.168. The molecule has 2 aromatic carbocycles. The largest absolute Gasteiger partial charge is 0.344 e. The summed E-state index contributed by atoms with van der Waals surface area (Å²) in [6.45, 7) is 0. The molecule has 0 aliphatic carbocycles. The van der Waals surface area contributed by atoms with Gasteiger partial charge in [0.1, 0.15) is 0 Å². The van der Waals surface area contributed by atoms with Crippen molar-refractivity contribution in [3.63, 3.8) is 0 Å². The van der Waals surface area contributed by atoms with E-state index in [-0.39, 0.29) is 11.9 Å². The highest BCUT2D eigenvalue weighted by Crippen LogP contribution is 2.22. The Bertz CT molecular complexity index is 724. The molecule has 1 aromatic heterocycles. The van der Waals surface area contributed by atoms with Crippen LogP contribution in [0, 0.1) is 0 Å². The molecule has 0 saturated carbocycles. The van der Waals surface area contributed by atoms with Crippen LogP contribution in [-0.4, -0.2) is 16.6 Å². The Morgan fingerprint density at radius 1 is 0.875 bits per heavy atom. The summed E-state index contributed by atoms with van der Waals surface area (Å²) >= 11 is 1.54. The number of carbonyl (C=O) groups excluding carboxylic acids is 1. The van der Waals surface area contributed by atoms with Crippen molar-refractivity contribution >= 4 is 17.7 Å². The van der Waals surface area contributed by atoms with E-state index in [0.29, 0.717) is 5.75 Å². The van der Waals surface area contributed by atoms with Crippen molar-refractivity contribution in [1.29, 1.82) is 0 Å². The molecule has 24 heavy (non-hydrogen) atoms. The van der Waals surface area contributed by atoms with Gasteiger partial charge in [0.25, 0.3) is 0 Å². The third kappa shape index (κ3) is 4.46. The van der Waals surface area contributed by atoms with Gasteiger partial charge in [-0.3, -0.25) is 9.78 Å². The third-order valence-corrected chi connectivity index (χ3v) is 4.60. The van der Waals surface area contributed by atoms with Crippen LogP contribution in [0.25, 0.3) is 0 Å². The van der Waals surface area contributed by atoms with Gasteiger partial charge >= 0.3 is 0 Å². The van der Waals surface area contributed by atoms with Gasteiger partial charge in [-0.2, -0.15) is 0 Å². The van der Waals surface area contributed by atoms with Crippen LogP contribution in [-0.2, 0) is 4.79 Å². The molecule has 1 atom stereocenters. The molecule has 1 heterocycles. The van der Waals surface area contributed by atoms with Gasteiger partial charge in [0, 0.05) is 17.3 Å². The Hall–Kier alpha value is -2.59. The summed E-state index contributed by atoms with van der Waals surface area (Å²) in [5.41, 5.74) is 2.08. The van der Waals surface area contributed by atoms with Crippen LogP contribution in [0.2, 0.25) is 0 Å². The van der Waals surface area contributed by atoms with Gasteiger partial charge in [0.2, 0.25) is 5.91 Å². The van der Waals surface area contributed by atoms with E-state index in [2.05, 4.69) is 10.3 Å². The molecule has 4 heteroatoms. The first-order chi connectivity index (χ1) is 11.8. The van der Waals surface area contributed by atoms with E-state index in [1.165, 1.54) is 11.8 Å². The van der Waals surface area contributed by atoms with Crippen LogP contribution >= 0.6 is 11.8 Å². The second-order valence-electron chi connectivity index (χ2n) is 5.29. The number of pyridine rings is 1. The van der Waals surface area contributed by atoms with Crippen LogP contribution in [0.4, 0.5) is 0 Å². The van der Waals surface area contributed by atoms with Crippen molar-refractivity contribution in [2.75, 3.05) is 5.75 Å². The van der Waals surface area contributed by atoms with E-state index in [0.717, 1.165) is 16.0 Å². The summed E-state index contributed by atoms with van der Waals surface area (Å²) in [4.78, 5) is 17.6. The normalized spacial score (nSPS) is 11.7. The lowest BCUT2D eigenvalue weighted by atomic mass is 10.00. The molecule has 0 bridgehead atoms.